The fraction of sp³-hybridized carbons (Fsp3) is 0.538. The summed E-state index contributed by atoms with van der Waals surface area (Å²) in [5.41, 5.74) is 4.54. The Kier molecular flexibility index (Phi) is 3.66. The SMILES string of the molecule is CN(CCCl)Cc1ccc2c(c1)CCC2. The molecule has 1 aromatic rings. The molecule has 0 radical (unpaired) electrons. The summed E-state index contributed by atoms with van der Waals surface area (Å²) in [6.45, 7) is 1.97. The van der Waals surface area contributed by atoms with Gasteiger partial charge in [-0.05, 0) is 43.0 Å². The highest BCUT2D eigenvalue weighted by molar-refractivity contribution is 6.18. The fourth-order valence-corrected chi connectivity index (χ4v) is 2.55. The Labute approximate surface area is 97.0 Å². The first-order valence-corrected chi connectivity index (χ1v) is 6.18. The Hall–Kier alpha value is -0.530. The van der Waals surface area contributed by atoms with Crippen molar-refractivity contribution in [2.75, 3.05) is 19.5 Å². The van der Waals surface area contributed by atoms with Gasteiger partial charge in [0.05, 0.1) is 0 Å². The van der Waals surface area contributed by atoms with Crippen LogP contribution in [-0.2, 0) is 19.4 Å². The second-order valence-electron chi connectivity index (χ2n) is 4.38. The molecule has 0 N–H and O–H groups in total. The molecule has 0 fully saturated rings. The van der Waals surface area contributed by atoms with Gasteiger partial charge in [-0.1, -0.05) is 18.2 Å². The highest BCUT2D eigenvalue weighted by Gasteiger charge is 2.11. The summed E-state index contributed by atoms with van der Waals surface area (Å²) in [6.07, 6.45) is 3.87. The molecule has 0 bridgehead atoms. The summed E-state index contributed by atoms with van der Waals surface area (Å²) in [5.74, 6) is 0.710. The van der Waals surface area contributed by atoms with Gasteiger partial charge in [0.25, 0.3) is 0 Å². The van der Waals surface area contributed by atoms with E-state index in [-0.39, 0.29) is 0 Å². The summed E-state index contributed by atoms with van der Waals surface area (Å²) in [4.78, 5) is 2.27. The van der Waals surface area contributed by atoms with Crippen LogP contribution in [0.15, 0.2) is 18.2 Å². The van der Waals surface area contributed by atoms with Gasteiger partial charge in [0.2, 0.25) is 0 Å². The van der Waals surface area contributed by atoms with Gasteiger partial charge < -0.3 is 4.90 Å². The second-order valence-corrected chi connectivity index (χ2v) is 4.76. The van der Waals surface area contributed by atoms with E-state index in [0.29, 0.717) is 5.88 Å². The van der Waals surface area contributed by atoms with Crippen molar-refractivity contribution in [3.63, 3.8) is 0 Å². The van der Waals surface area contributed by atoms with Gasteiger partial charge in [-0.15, -0.1) is 11.6 Å². The van der Waals surface area contributed by atoms with Gasteiger partial charge in [0.15, 0.2) is 0 Å². The van der Waals surface area contributed by atoms with Crippen LogP contribution in [0.5, 0.6) is 0 Å². The largest absolute Gasteiger partial charge is 0.301 e. The van der Waals surface area contributed by atoms with Crippen molar-refractivity contribution in [1.29, 1.82) is 0 Å². The Balaban J connectivity index is 2.03. The third-order valence-electron chi connectivity index (χ3n) is 3.08. The average molecular weight is 224 g/mol. The zero-order valence-electron chi connectivity index (χ0n) is 9.30. The van der Waals surface area contributed by atoms with Crippen molar-refractivity contribution in [3.05, 3.63) is 34.9 Å². The van der Waals surface area contributed by atoms with Crippen molar-refractivity contribution in [3.8, 4) is 0 Å². The second kappa shape index (κ2) is 5.00. The lowest BCUT2D eigenvalue weighted by molar-refractivity contribution is 0.347. The zero-order chi connectivity index (χ0) is 10.7. The maximum absolute atomic E-state index is 5.71. The molecule has 0 amide bonds. The van der Waals surface area contributed by atoms with E-state index in [2.05, 4.69) is 30.1 Å². The van der Waals surface area contributed by atoms with E-state index < -0.39 is 0 Å². The van der Waals surface area contributed by atoms with E-state index in [1.165, 1.54) is 24.8 Å². The smallest absolute Gasteiger partial charge is 0.0351 e. The first kappa shape index (κ1) is 11.0. The lowest BCUT2D eigenvalue weighted by atomic mass is 10.1. The third-order valence-corrected chi connectivity index (χ3v) is 3.25. The maximum Gasteiger partial charge on any atom is 0.0351 e. The number of aryl methyl sites for hydroxylation is 2. The summed E-state index contributed by atoms with van der Waals surface area (Å²) in [5, 5.41) is 0. The lowest BCUT2D eigenvalue weighted by Crippen LogP contribution is -2.20. The Morgan fingerprint density at radius 1 is 1.27 bits per heavy atom. The molecule has 1 aliphatic carbocycles. The predicted octanol–water partition coefficient (Wildman–Crippen LogP) is 2.85. The molecule has 0 aromatic heterocycles. The first-order chi connectivity index (χ1) is 7.29. The van der Waals surface area contributed by atoms with Gasteiger partial charge in [-0.2, -0.15) is 0 Å². The molecule has 2 rings (SSSR count). The van der Waals surface area contributed by atoms with Crippen molar-refractivity contribution >= 4 is 11.6 Å². The van der Waals surface area contributed by atoms with Crippen LogP contribution in [0.3, 0.4) is 0 Å². The van der Waals surface area contributed by atoms with Crippen LogP contribution in [0.25, 0.3) is 0 Å². The fourth-order valence-electron chi connectivity index (χ4n) is 2.26. The number of halogens is 1. The Morgan fingerprint density at radius 2 is 2.07 bits per heavy atom. The molecule has 0 heterocycles. The number of hydrogen-bond donors (Lipinski definition) is 0. The van der Waals surface area contributed by atoms with E-state index in [9.17, 15) is 0 Å². The Morgan fingerprint density at radius 3 is 2.87 bits per heavy atom. The highest BCUT2D eigenvalue weighted by Crippen LogP contribution is 2.23. The van der Waals surface area contributed by atoms with E-state index in [1.54, 1.807) is 11.1 Å². The van der Waals surface area contributed by atoms with Gasteiger partial charge >= 0.3 is 0 Å². The molecular formula is C13H18ClN. The lowest BCUT2D eigenvalue weighted by Gasteiger charge is -2.15. The molecular weight excluding hydrogens is 206 g/mol. The van der Waals surface area contributed by atoms with Crippen LogP contribution in [-0.4, -0.2) is 24.4 Å². The number of benzene rings is 1. The normalized spacial score (nSPS) is 14.6. The Bertz CT molecular complexity index is 335. The first-order valence-electron chi connectivity index (χ1n) is 5.65. The van der Waals surface area contributed by atoms with Crippen molar-refractivity contribution in [2.24, 2.45) is 0 Å². The maximum atomic E-state index is 5.71. The predicted molar refractivity (Wildman–Crippen MR) is 65.5 cm³/mol. The van der Waals surface area contributed by atoms with E-state index in [4.69, 9.17) is 11.6 Å². The number of hydrogen-bond acceptors (Lipinski definition) is 1. The molecule has 1 aliphatic rings. The molecule has 1 nitrogen and oxygen atoms in total. The number of fused-ring (bicyclic) bond motifs is 1. The summed E-state index contributed by atoms with van der Waals surface area (Å²) >= 11 is 5.71. The third kappa shape index (κ3) is 2.73. The van der Waals surface area contributed by atoms with Gasteiger partial charge in [-0.3, -0.25) is 0 Å². The van der Waals surface area contributed by atoms with Gasteiger partial charge in [-0.25, -0.2) is 0 Å². The van der Waals surface area contributed by atoms with E-state index in [1.807, 2.05) is 0 Å². The molecule has 0 spiro atoms. The molecule has 2 heteroatoms. The molecule has 0 unspecified atom stereocenters. The van der Waals surface area contributed by atoms with Crippen LogP contribution >= 0.6 is 11.6 Å². The molecule has 0 atom stereocenters. The minimum atomic E-state index is 0.710. The van der Waals surface area contributed by atoms with Crippen molar-refractivity contribution < 1.29 is 0 Å². The molecule has 0 aliphatic heterocycles. The van der Waals surface area contributed by atoms with Crippen LogP contribution in [0.1, 0.15) is 23.1 Å². The molecule has 1 aromatic carbocycles. The zero-order valence-corrected chi connectivity index (χ0v) is 10.1. The quantitative estimate of drug-likeness (QED) is 0.710. The topological polar surface area (TPSA) is 3.24 Å². The standard InChI is InChI=1S/C13H18ClN/c1-15(8-7-14)10-11-5-6-12-3-2-4-13(12)9-11/h5-6,9H,2-4,7-8,10H2,1H3. The molecule has 0 saturated heterocycles. The van der Waals surface area contributed by atoms with Gasteiger partial charge in [0.1, 0.15) is 0 Å². The molecule has 0 saturated carbocycles. The minimum absolute atomic E-state index is 0.710. The number of rotatable bonds is 4. The van der Waals surface area contributed by atoms with Crippen LogP contribution in [0.4, 0.5) is 0 Å². The molecule has 15 heavy (non-hydrogen) atoms. The summed E-state index contributed by atoms with van der Waals surface area (Å²) < 4.78 is 0. The van der Waals surface area contributed by atoms with Crippen LogP contribution < -0.4 is 0 Å². The summed E-state index contributed by atoms with van der Waals surface area (Å²) in [7, 11) is 2.12. The van der Waals surface area contributed by atoms with Crippen LogP contribution in [0.2, 0.25) is 0 Å². The average Bonchev–Trinajstić information content (AvgIpc) is 2.65. The van der Waals surface area contributed by atoms with E-state index >= 15 is 0 Å². The molecule has 82 valence electrons. The highest BCUT2D eigenvalue weighted by atomic mass is 35.5. The van der Waals surface area contributed by atoms with Gasteiger partial charge in [0, 0.05) is 19.0 Å². The van der Waals surface area contributed by atoms with E-state index in [0.717, 1.165) is 13.1 Å². The van der Waals surface area contributed by atoms with Crippen LogP contribution in [0, 0.1) is 0 Å². The number of nitrogens with zero attached hydrogens (tertiary/aromatic N) is 1. The number of alkyl halides is 1. The minimum Gasteiger partial charge on any atom is -0.301 e. The van der Waals surface area contributed by atoms with Crippen molar-refractivity contribution in [2.45, 2.75) is 25.8 Å². The monoisotopic (exact) mass is 223 g/mol. The summed E-state index contributed by atoms with van der Waals surface area (Å²) in [6, 6.07) is 6.92. The van der Waals surface area contributed by atoms with Crippen molar-refractivity contribution in [1.82, 2.24) is 4.90 Å².